The van der Waals surface area contributed by atoms with Crippen LogP contribution in [-0.4, -0.2) is 0 Å². The molecule has 0 amide bonds. The van der Waals surface area contributed by atoms with E-state index in [0.717, 1.165) is 31.2 Å². The first kappa shape index (κ1) is 25.7. The Morgan fingerprint density at radius 1 is 0.912 bits per heavy atom. The highest BCUT2D eigenvalue weighted by atomic mass is 19.1. The van der Waals surface area contributed by atoms with Crippen molar-refractivity contribution < 1.29 is 13.5 Å². The van der Waals surface area contributed by atoms with Crippen LogP contribution in [0.25, 0.3) is 10.8 Å². The number of fused-ring (bicyclic) bond motifs is 1. The largest absolute Gasteiger partial charge is 0.486 e. The fourth-order valence-electron chi connectivity index (χ4n) is 4.17. The highest BCUT2D eigenvalue weighted by Crippen LogP contribution is 2.26. The number of unbranched alkanes of at least 4 members (excludes halogenated alkanes) is 7. The van der Waals surface area contributed by atoms with E-state index in [1.165, 1.54) is 44.1 Å². The summed E-state index contributed by atoms with van der Waals surface area (Å²) < 4.78 is 26.2. The number of halogens is 1. The van der Waals surface area contributed by atoms with Crippen molar-refractivity contribution in [3.8, 4) is 5.75 Å². The zero-order valence-electron chi connectivity index (χ0n) is 20.4. The Kier molecular flexibility index (Phi) is 10.4. The van der Waals surface area contributed by atoms with Crippen molar-refractivity contribution in [2.24, 2.45) is 0 Å². The van der Waals surface area contributed by atoms with Crippen molar-refractivity contribution in [3.05, 3.63) is 88.2 Å². The molecule has 0 N–H and O–H groups in total. The van der Waals surface area contributed by atoms with Gasteiger partial charge in [-0.25, -0.2) is 9.18 Å². The van der Waals surface area contributed by atoms with Crippen LogP contribution in [0.2, 0.25) is 0 Å². The zero-order chi connectivity index (χ0) is 24.2. The molecule has 0 saturated carbocycles. The maximum atomic E-state index is 15.1. The number of aryl methyl sites for hydroxylation is 2. The molecule has 3 aromatic rings. The van der Waals surface area contributed by atoms with Crippen molar-refractivity contribution in [1.29, 1.82) is 0 Å². The zero-order valence-corrected chi connectivity index (χ0v) is 20.4. The molecule has 0 bridgehead atoms. The first-order valence-corrected chi connectivity index (χ1v) is 12.7. The minimum Gasteiger partial charge on any atom is -0.486 e. The Labute approximate surface area is 202 Å². The molecule has 0 unspecified atom stereocenters. The molecule has 0 aliphatic heterocycles. The van der Waals surface area contributed by atoms with Crippen molar-refractivity contribution in [2.45, 2.75) is 84.2 Å². The van der Waals surface area contributed by atoms with Crippen molar-refractivity contribution in [1.82, 2.24) is 0 Å². The fraction of sp³-hybridized carbons (Fsp3) is 0.433. The van der Waals surface area contributed by atoms with Crippen molar-refractivity contribution >= 4 is 10.8 Å². The lowest BCUT2D eigenvalue weighted by Gasteiger charge is -2.10. The van der Waals surface area contributed by atoms with Gasteiger partial charge in [0.25, 0.3) is 0 Å². The van der Waals surface area contributed by atoms with E-state index in [1.54, 1.807) is 18.2 Å². The molecule has 0 saturated heterocycles. The van der Waals surface area contributed by atoms with E-state index in [0.29, 0.717) is 17.6 Å². The van der Waals surface area contributed by atoms with Gasteiger partial charge >= 0.3 is 5.63 Å². The highest BCUT2D eigenvalue weighted by molar-refractivity contribution is 5.83. The maximum absolute atomic E-state index is 15.1. The Balaban J connectivity index is 1.56. The second-order valence-corrected chi connectivity index (χ2v) is 9.00. The number of ether oxygens (including phenoxy) is 1. The van der Waals surface area contributed by atoms with Gasteiger partial charge in [0.1, 0.15) is 17.8 Å². The normalized spacial score (nSPS) is 11.1. The van der Waals surface area contributed by atoms with Crippen LogP contribution in [0.5, 0.6) is 5.75 Å². The van der Waals surface area contributed by atoms with Gasteiger partial charge < -0.3 is 9.15 Å². The Bertz CT molecular complexity index is 1100. The standard InChI is InChI=1S/C30H37FO3/c1-3-5-7-8-9-10-11-12-14-26-21-25-19-20-27(29(31)28(25)30(32)34-26)33-22-24-17-15-23(16-18-24)13-6-4-2/h4,15-21H,2-3,5-14,22H2,1H3. The predicted molar refractivity (Wildman–Crippen MR) is 138 cm³/mol. The first-order chi connectivity index (χ1) is 16.6. The summed E-state index contributed by atoms with van der Waals surface area (Å²) in [6.07, 6.45) is 14.2. The average molecular weight is 465 g/mol. The summed E-state index contributed by atoms with van der Waals surface area (Å²) >= 11 is 0. The van der Waals surface area contributed by atoms with E-state index in [2.05, 4.69) is 13.5 Å². The quantitative estimate of drug-likeness (QED) is 0.168. The lowest BCUT2D eigenvalue weighted by atomic mass is 10.1. The molecular formula is C30H37FO3. The molecule has 0 fully saturated rings. The van der Waals surface area contributed by atoms with E-state index in [9.17, 15) is 4.79 Å². The third-order valence-electron chi connectivity index (χ3n) is 6.21. The molecule has 3 nitrogen and oxygen atoms in total. The summed E-state index contributed by atoms with van der Waals surface area (Å²) in [4.78, 5) is 12.5. The van der Waals surface area contributed by atoms with Crippen LogP contribution in [0, 0.1) is 5.82 Å². The molecule has 0 spiro atoms. The topological polar surface area (TPSA) is 39.4 Å². The lowest BCUT2D eigenvalue weighted by molar-refractivity contribution is 0.291. The molecule has 0 radical (unpaired) electrons. The van der Waals surface area contributed by atoms with Gasteiger partial charge in [0.2, 0.25) is 0 Å². The second-order valence-electron chi connectivity index (χ2n) is 9.00. The minimum absolute atomic E-state index is 0.0445. The van der Waals surface area contributed by atoms with Crippen LogP contribution >= 0.6 is 0 Å². The average Bonchev–Trinajstić information content (AvgIpc) is 2.84. The van der Waals surface area contributed by atoms with Crippen LogP contribution in [0.4, 0.5) is 4.39 Å². The number of rotatable bonds is 15. The highest BCUT2D eigenvalue weighted by Gasteiger charge is 2.15. The van der Waals surface area contributed by atoms with Gasteiger partial charge in [-0.3, -0.25) is 0 Å². The van der Waals surface area contributed by atoms with Crippen molar-refractivity contribution in [2.75, 3.05) is 0 Å². The first-order valence-electron chi connectivity index (χ1n) is 12.7. The molecular weight excluding hydrogens is 427 g/mol. The smallest absolute Gasteiger partial charge is 0.346 e. The molecule has 0 aliphatic carbocycles. The van der Waals surface area contributed by atoms with E-state index >= 15 is 4.39 Å². The lowest BCUT2D eigenvalue weighted by Crippen LogP contribution is -2.06. The Morgan fingerprint density at radius 3 is 2.29 bits per heavy atom. The summed E-state index contributed by atoms with van der Waals surface area (Å²) in [5.74, 6) is 0.0203. The summed E-state index contributed by atoms with van der Waals surface area (Å²) in [5.41, 5.74) is 1.53. The van der Waals surface area contributed by atoms with Gasteiger partial charge in [-0.15, -0.1) is 6.58 Å². The number of allylic oxidation sites excluding steroid dienone is 1. The number of hydrogen-bond donors (Lipinski definition) is 0. The molecule has 0 atom stereocenters. The van der Waals surface area contributed by atoms with Gasteiger partial charge in [-0.1, -0.05) is 88.3 Å². The molecule has 1 heterocycles. The van der Waals surface area contributed by atoms with E-state index in [1.807, 2.05) is 30.3 Å². The number of hydrogen-bond acceptors (Lipinski definition) is 3. The summed E-state index contributed by atoms with van der Waals surface area (Å²) in [6.45, 7) is 6.20. The van der Waals surface area contributed by atoms with E-state index in [-0.39, 0.29) is 17.7 Å². The molecule has 182 valence electrons. The minimum atomic E-state index is -0.660. The van der Waals surface area contributed by atoms with Crippen LogP contribution in [-0.2, 0) is 19.4 Å². The molecule has 0 aliphatic rings. The monoisotopic (exact) mass is 464 g/mol. The second kappa shape index (κ2) is 13.7. The Hall–Kier alpha value is -2.88. The van der Waals surface area contributed by atoms with Gasteiger partial charge in [-0.2, -0.15) is 0 Å². The summed E-state index contributed by atoms with van der Waals surface area (Å²) in [7, 11) is 0. The van der Waals surface area contributed by atoms with E-state index in [4.69, 9.17) is 9.15 Å². The third kappa shape index (κ3) is 7.58. The molecule has 34 heavy (non-hydrogen) atoms. The Morgan fingerprint density at radius 2 is 1.59 bits per heavy atom. The summed E-state index contributed by atoms with van der Waals surface area (Å²) in [6, 6.07) is 13.2. The van der Waals surface area contributed by atoms with Gasteiger partial charge in [0.05, 0.1) is 0 Å². The number of benzene rings is 2. The molecule has 2 aromatic carbocycles. The maximum Gasteiger partial charge on any atom is 0.346 e. The van der Waals surface area contributed by atoms with Crippen LogP contribution in [0.1, 0.15) is 81.6 Å². The molecule has 4 heteroatoms. The van der Waals surface area contributed by atoms with Gasteiger partial charge in [0.15, 0.2) is 11.6 Å². The van der Waals surface area contributed by atoms with Gasteiger partial charge in [0, 0.05) is 6.42 Å². The van der Waals surface area contributed by atoms with E-state index < -0.39 is 11.4 Å². The van der Waals surface area contributed by atoms with Crippen LogP contribution < -0.4 is 10.4 Å². The third-order valence-corrected chi connectivity index (χ3v) is 6.21. The summed E-state index contributed by atoms with van der Waals surface area (Å²) in [5, 5.41) is 0.513. The predicted octanol–water partition coefficient (Wildman–Crippen LogP) is 8.31. The van der Waals surface area contributed by atoms with Gasteiger partial charge in [-0.05, 0) is 47.9 Å². The SMILES string of the molecule is C=CCCc1ccc(COc2ccc3cc(CCCCCCCCCC)oc(=O)c3c2F)cc1. The van der Waals surface area contributed by atoms with Crippen LogP contribution in [0.15, 0.2) is 64.3 Å². The van der Waals surface area contributed by atoms with Crippen molar-refractivity contribution in [3.63, 3.8) is 0 Å². The van der Waals surface area contributed by atoms with Crippen LogP contribution in [0.3, 0.4) is 0 Å². The molecule has 1 aromatic heterocycles. The fourth-order valence-corrected chi connectivity index (χ4v) is 4.17. The molecule has 3 rings (SSSR count).